The maximum Gasteiger partial charge on any atom is 0.221 e. The largest absolute Gasteiger partial charge is 0.493 e. The lowest BCUT2D eigenvalue weighted by molar-refractivity contribution is -0.121. The summed E-state index contributed by atoms with van der Waals surface area (Å²) in [7, 11) is 4.28. The van der Waals surface area contributed by atoms with Crippen LogP contribution < -0.4 is 10.1 Å². The fourth-order valence-corrected chi connectivity index (χ4v) is 3.54. The second-order valence-corrected chi connectivity index (χ2v) is 7.11. The van der Waals surface area contributed by atoms with Crippen LogP contribution in [0.4, 0.5) is 0 Å². The number of nitrogens with one attached hydrogen (secondary N) is 1. The average molecular weight is 331 g/mol. The molecule has 1 fully saturated rings. The highest BCUT2D eigenvalue weighted by Gasteiger charge is 2.23. The van der Waals surface area contributed by atoms with Gasteiger partial charge in [-0.2, -0.15) is 0 Å². The van der Waals surface area contributed by atoms with Crippen LogP contribution in [-0.4, -0.2) is 62.1 Å². The topological polar surface area (TPSA) is 44.8 Å². The predicted octanol–water partition coefficient (Wildman–Crippen LogP) is 1.65. The zero-order valence-corrected chi connectivity index (χ0v) is 14.9. The summed E-state index contributed by atoms with van der Waals surface area (Å²) >= 11 is 0. The summed E-state index contributed by atoms with van der Waals surface area (Å²) in [5.74, 6) is 1.13. The Morgan fingerprint density at radius 3 is 3.12 bits per heavy atom. The van der Waals surface area contributed by atoms with Gasteiger partial charge >= 0.3 is 0 Å². The lowest BCUT2D eigenvalue weighted by Gasteiger charge is -2.23. The van der Waals surface area contributed by atoms with Gasteiger partial charge in [-0.05, 0) is 57.1 Å². The molecular weight excluding hydrogens is 302 g/mol. The van der Waals surface area contributed by atoms with Crippen molar-refractivity contribution in [3.8, 4) is 5.75 Å². The van der Waals surface area contributed by atoms with Gasteiger partial charge in [0.25, 0.3) is 0 Å². The maximum atomic E-state index is 12.1. The number of likely N-dealkylation sites (N-methyl/N-ethyl adjacent to an activating group) is 2. The molecule has 0 radical (unpaired) electrons. The quantitative estimate of drug-likeness (QED) is 0.861. The van der Waals surface area contributed by atoms with Gasteiger partial charge in [0.2, 0.25) is 5.91 Å². The van der Waals surface area contributed by atoms with Crippen molar-refractivity contribution in [2.24, 2.45) is 0 Å². The van der Waals surface area contributed by atoms with Crippen LogP contribution in [0, 0.1) is 0 Å². The molecule has 1 aromatic rings. The van der Waals surface area contributed by atoms with E-state index in [1.54, 1.807) is 0 Å². The van der Waals surface area contributed by atoms with E-state index >= 15 is 0 Å². The first-order valence-corrected chi connectivity index (χ1v) is 9.02. The molecule has 0 spiro atoms. The van der Waals surface area contributed by atoms with Gasteiger partial charge in [0.1, 0.15) is 5.75 Å². The van der Waals surface area contributed by atoms with E-state index in [0.29, 0.717) is 19.0 Å². The highest BCUT2D eigenvalue weighted by Crippen LogP contribution is 2.25. The Bertz CT molecular complexity index is 576. The minimum absolute atomic E-state index is 0.127. The molecule has 2 aliphatic heterocycles. The molecule has 132 valence electrons. The lowest BCUT2D eigenvalue weighted by Crippen LogP contribution is -2.36. The van der Waals surface area contributed by atoms with E-state index in [-0.39, 0.29) is 5.91 Å². The molecule has 24 heavy (non-hydrogen) atoms. The van der Waals surface area contributed by atoms with Gasteiger partial charge < -0.3 is 19.9 Å². The van der Waals surface area contributed by atoms with Crippen LogP contribution in [0.25, 0.3) is 0 Å². The number of amides is 1. The first kappa shape index (κ1) is 17.2. The second kappa shape index (κ2) is 7.99. The molecule has 0 unspecified atom stereocenters. The number of ether oxygens (including phenoxy) is 1. The number of rotatable bonds is 6. The molecule has 1 amide bonds. The van der Waals surface area contributed by atoms with Crippen LogP contribution in [0.5, 0.6) is 5.75 Å². The molecule has 0 saturated carbocycles. The molecule has 1 aromatic carbocycles. The van der Waals surface area contributed by atoms with Gasteiger partial charge in [0.05, 0.1) is 6.61 Å². The minimum Gasteiger partial charge on any atom is -0.493 e. The molecule has 0 bridgehead atoms. The number of nitrogens with zero attached hydrogens (tertiary/aromatic N) is 2. The van der Waals surface area contributed by atoms with Gasteiger partial charge in [-0.1, -0.05) is 12.1 Å². The van der Waals surface area contributed by atoms with Crippen molar-refractivity contribution in [1.29, 1.82) is 0 Å². The Morgan fingerprint density at radius 1 is 1.46 bits per heavy atom. The van der Waals surface area contributed by atoms with Crippen molar-refractivity contribution < 1.29 is 9.53 Å². The van der Waals surface area contributed by atoms with E-state index < -0.39 is 0 Å². The number of benzene rings is 1. The SMILES string of the molecule is CN1CC[C@H](N(C)CCC(=O)NCc2ccc3c(c2)CCCO3)C1. The molecule has 5 nitrogen and oxygen atoms in total. The molecule has 1 atom stereocenters. The van der Waals surface area contributed by atoms with E-state index in [2.05, 4.69) is 35.3 Å². The van der Waals surface area contributed by atoms with E-state index in [9.17, 15) is 4.79 Å². The van der Waals surface area contributed by atoms with Crippen LogP contribution in [0.3, 0.4) is 0 Å². The Balaban J connectivity index is 1.41. The van der Waals surface area contributed by atoms with E-state index in [0.717, 1.165) is 50.4 Å². The predicted molar refractivity (Wildman–Crippen MR) is 95.3 cm³/mol. The summed E-state index contributed by atoms with van der Waals surface area (Å²) < 4.78 is 5.63. The monoisotopic (exact) mass is 331 g/mol. The summed E-state index contributed by atoms with van der Waals surface area (Å²) in [6.45, 7) is 4.50. The first-order valence-electron chi connectivity index (χ1n) is 9.02. The second-order valence-electron chi connectivity index (χ2n) is 7.11. The zero-order valence-electron chi connectivity index (χ0n) is 14.9. The number of carbonyl (C=O) groups excluding carboxylic acids is 1. The van der Waals surface area contributed by atoms with Crippen molar-refractivity contribution in [2.45, 2.75) is 38.3 Å². The van der Waals surface area contributed by atoms with Gasteiger partial charge in [-0.15, -0.1) is 0 Å². The van der Waals surface area contributed by atoms with Gasteiger partial charge in [0, 0.05) is 32.1 Å². The summed E-state index contributed by atoms with van der Waals surface area (Å²) in [6, 6.07) is 6.82. The standard InChI is InChI=1S/C19H29N3O2/c1-21-9-7-17(14-21)22(2)10-8-19(23)20-13-15-5-6-18-16(12-15)4-3-11-24-18/h5-6,12,17H,3-4,7-11,13-14H2,1-2H3,(H,20,23)/t17-/m0/s1. The fourth-order valence-electron chi connectivity index (χ4n) is 3.54. The molecule has 3 rings (SSSR count). The number of likely N-dealkylation sites (tertiary alicyclic amines) is 1. The van der Waals surface area contributed by atoms with Gasteiger partial charge in [-0.25, -0.2) is 0 Å². The molecule has 5 heteroatoms. The highest BCUT2D eigenvalue weighted by molar-refractivity contribution is 5.76. The number of aryl methyl sites for hydroxylation is 1. The molecule has 2 heterocycles. The summed E-state index contributed by atoms with van der Waals surface area (Å²) in [5.41, 5.74) is 2.41. The van der Waals surface area contributed by atoms with Crippen LogP contribution in [0.2, 0.25) is 0 Å². The number of hydrogen-bond donors (Lipinski definition) is 1. The average Bonchev–Trinajstić information content (AvgIpc) is 3.04. The molecule has 0 aromatic heterocycles. The van der Waals surface area contributed by atoms with Crippen LogP contribution >= 0.6 is 0 Å². The summed E-state index contributed by atoms with van der Waals surface area (Å²) in [4.78, 5) is 16.8. The summed E-state index contributed by atoms with van der Waals surface area (Å²) in [5, 5.41) is 3.04. The smallest absolute Gasteiger partial charge is 0.221 e. The lowest BCUT2D eigenvalue weighted by atomic mass is 10.0. The van der Waals surface area contributed by atoms with Crippen molar-refractivity contribution in [2.75, 3.05) is 40.3 Å². The molecular formula is C19H29N3O2. The Hall–Kier alpha value is -1.59. The third-order valence-corrected chi connectivity index (χ3v) is 5.14. The normalized spacial score (nSPS) is 20.7. The maximum absolute atomic E-state index is 12.1. The van der Waals surface area contributed by atoms with Crippen molar-refractivity contribution >= 4 is 5.91 Å². The molecule has 1 N–H and O–H groups in total. The van der Waals surface area contributed by atoms with Crippen LogP contribution in [0.15, 0.2) is 18.2 Å². The number of carbonyl (C=O) groups is 1. The van der Waals surface area contributed by atoms with E-state index in [1.165, 1.54) is 12.0 Å². The van der Waals surface area contributed by atoms with Gasteiger partial charge in [-0.3, -0.25) is 4.79 Å². The molecule has 0 aliphatic carbocycles. The molecule has 1 saturated heterocycles. The Morgan fingerprint density at radius 2 is 2.33 bits per heavy atom. The van der Waals surface area contributed by atoms with Crippen LogP contribution in [-0.2, 0) is 17.8 Å². The Kier molecular flexibility index (Phi) is 5.74. The van der Waals surface area contributed by atoms with Crippen molar-refractivity contribution in [1.82, 2.24) is 15.1 Å². The summed E-state index contributed by atoms with van der Waals surface area (Å²) in [6.07, 6.45) is 3.90. The fraction of sp³-hybridized carbons (Fsp3) is 0.632. The van der Waals surface area contributed by atoms with Crippen molar-refractivity contribution in [3.05, 3.63) is 29.3 Å². The highest BCUT2D eigenvalue weighted by atomic mass is 16.5. The third kappa shape index (κ3) is 4.48. The van der Waals surface area contributed by atoms with E-state index in [1.807, 2.05) is 12.1 Å². The first-order chi connectivity index (χ1) is 11.6. The van der Waals surface area contributed by atoms with Crippen molar-refractivity contribution in [3.63, 3.8) is 0 Å². The minimum atomic E-state index is 0.127. The Labute approximate surface area is 145 Å². The zero-order chi connectivity index (χ0) is 16.9. The number of fused-ring (bicyclic) bond motifs is 1. The molecule has 2 aliphatic rings. The number of hydrogen-bond acceptors (Lipinski definition) is 4. The third-order valence-electron chi connectivity index (χ3n) is 5.14. The van der Waals surface area contributed by atoms with E-state index in [4.69, 9.17) is 4.74 Å². The van der Waals surface area contributed by atoms with Gasteiger partial charge in [0.15, 0.2) is 0 Å². The van der Waals surface area contributed by atoms with Crippen LogP contribution in [0.1, 0.15) is 30.4 Å².